The van der Waals surface area contributed by atoms with Crippen molar-refractivity contribution in [3.63, 3.8) is 0 Å². The maximum absolute atomic E-state index is 13.1. The van der Waals surface area contributed by atoms with Gasteiger partial charge in [-0.1, -0.05) is 30.3 Å². The van der Waals surface area contributed by atoms with E-state index in [1.54, 1.807) is 42.5 Å². The Hall–Kier alpha value is -3.50. The zero-order valence-electron chi connectivity index (χ0n) is 13.3. The number of amides is 1. The minimum atomic E-state index is -0.910. The van der Waals surface area contributed by atoms with Crippen molar-refractivity contribution in [1.82, 2.24) is 4.57 Å². The molecule has 2 N–H and O–H groups in total. The number of hydrogen-bond acceptors (Lipinski definition) is 4. The predicted octanol–water partition coefficient (Wildman–Crippen LogP) is 1.03. The Balaban J connectivity index is 2.39. The summed E-state index contributed by atoms with van der Waals surface area (Å²) in [5.74, 6) is -1.30. The number of primary amides is 1. The van der Waals surface area contributed by atoms with Gasteiger partial charge in [-0.15, -0.1) is 11.3 Å². The molecule has 0 aliphatic carbocycles. The number of nitriles is 1. The third-order valence-electron chi connectivity index (χ3n) is 3.58. The first-order chi connectivity index (χ1) is 12.5. The lowest BCUT2D eigenvalue weighted by molar-refractivity contribution is -0.112. The molecule has 0 saturated heterocycles. The zero-order chi connectivity index (χ0) is 18.7. The molecule has 0 bridgehead atoms. The highest BCUT2D eigenvalue weighted by Gasteiger charge is 2.14. The summed E-state index contributed by atoms with van der Waals surface area (Å²) in [5.41, 5.74) is 5.74. The van der Waals surface area contributed by atoms with Crippen LogP contribution >= 0.6 is 11.3 Å². The van der Waals surface area contributed by atoms with Gasteiger partial charge in [0.1, 0.15) is 16.5 Å². The standard InChI is InChI=1S/C19H12FN3O2S/c20-13-8-6-12(7-9-13)10-16-18(25)23(14-4-2-1-3-5-14)19(26-16)15(11-21)17(22)24/h1-10H,(H2,22,24). The summed E-state index contributed by atoms with van der Waals surface area (Å²) in [6.45, 7) is 0. The van der Waals surface area contributed by atoms with E-state index >= 15 is 0 Å². The van der Waals surface area contributed by atoms with E-state index in [4.69, 9.17) is 5.73 Å². The van der Waals surface area contributed by atoms with Crippen molar-refractivity contribution in [1.29, 1.82) is 5.26 Å². The van der Waals surface area contributed by atoms with Crippen molar-refractivity contribution < 1.29 is 9.18 Å². The molecule has 0 unspecified atom stereocenters. The second-order valence-corrected chi connectivity index (χ2v) is 6.33. The number of hydrogen-bond donors (Lipinski definition) is 1. The molecule has 3 rings (SSSR count). The molecule has 0 aliphatic rings. The number of nitrogens with two attached hydrogens (primary N) is 1. The van der Waals surface area contributed by atoms with Gasteiger partial charge in [0.05, 0.1) is 10.2 Å². The molecule has 1 aromatic heterocycles. The Morgan fingerprint density at radius 1 is 1.15 bits per heavy atom. The summed E-state index contributed by atoms with van der Waals surface area (Å²) >= 11 is 0.982. The first-order valence-electron chi connectivity index (χ1n) is 7.50. The average Bonchev–Trinajstić information content (AvgIpc) is 2.94. The van der Waals surface area contributed by atoms with E-state index < -0.39 is 11.5 Å². The van der Waals surface area contributed by atoms with Crippen LogP contribution in [0.3, 0.4) is 0 Å². The van der Waals surface area contributed by atoms with Crippen LogP contribution < -0.4 is 20.5 Å². The van der Waals surface area contributed by atoms with Crippen LogP contribution in [0.2, 0.25) is 0 Å². The Kier molecular flexibility index (Phi) is 4.78. The molecule has 128 valence electrons. The lowest BCUT2D eigenvalue weighted by atomic mass is 10.2. The first kappa shape index (κ1) is 17.3. The van der Waals surface area contributed by atoms with Gasteiger partial charge in [-0.25, -0.2) is 4.39 Å². The van der Waals surface area contributed by atoms with Gasteiger partial charge in [0.15, 0.2) is 5.57 Å². The summed E-state index contributed by atoms with van der Waals surface area (Å²) in [7, 11) is 0. The number of nitrogens with zero attached hydrogens (tertiary/aromatic N) is 2. The number of thiazole rings is 1. The van der Waals surface area contributed by atoms with Gasteiger partial charge in [-0.3, -0.25) is 14.2 Å². The van der Waals surface area contributed by atoms with Crippen LogP contribution in [0.5, 0.6) is 0 Å². The van der Waals surface area contributed by atoms with Gasteiger partial charge in [0, 0.05) is 0 Å². The minimum Gasteiger partial charge on any atom is -0.365 e. The van der Waals surface area contributed by atoms with Crippen molar-refractivity contribution in [2.24, 2.45) is 5.73 Å². The van der Waals surface area contributed by atoms with E-state index in [-0.39, 0.29) is 16.1 Å². The van der Waals surface area contributed by atoms with Crippen molar-refractivity contribution in [2.45, 2.75) is 0 Å². The molecule has 0 radical (unpaired) electrons. The normalized spacial score (nSPS) is 12.5. The first-order valence-corrected chi connectivity index (χ1v) is 8.31. The van der Waals surface area contributed by atoms with Crippen LogP contribution in [-0.4, -0.2) is 10.5 Å². The molecule has 0 spiro atoms. The van der Waals surface area contributed by atoms with Gasteiger partial charge in [0.2, 0.25) is 0 Å². The lowest BCUT2D eigenvalue weighted by Crippen LogP contribution is -2.32. The monoisotopic (exact) mass is 365 g/mol. The van der Waals surface area contributed by atoms with Crippen LogP contribution in [0.1, 0.15) is 5.56 Å². The number of para-hydroxylation sites is 1. The molecule has 1 heterocycles. The van der Waals surface area contributed by atoms with E-state index in [9.17, 15) is 19.2 Å². The molecule has 0 atom stereocenters. The molecule has 0 fully saturated rings. The lowest BCUT2D eigenvalue weighted by Gasteiger charge is -2.01. The molecule has 7 heteroatoms. The van der Waals surface area contributed by atoms with Gasteiger partial charge in [0.25, 0.3) is 11.5 Å². The Morgan fingerprint density at radius 2 is 1.81 bits per heavy atom. The van der Waals surface area contributed by atoms with Crippen molar-refractivity contribution in [3.05, 3.63) is 85.5 Å². The second kappa shape index (κ2) is 7.17. The van der Waals surface area contributed by atoms with Crippen molar-refractivity contribution in [3.8, 4) is 11.8 Å². The summed E-state index contributed by atoms with van der Waals surface area (Å²) in [5, 5.41) is 9.29. The molecule has 26 heavy (non-hydrogen) atoms. The number of halogens is 1. The van der Waals surface area contributed by atoms with E-state index in [1.165, 1.54) is 28.8 Å². The Bertz CT molecular complexity index is 1190. The van der Waals surface area contributed by atoms with Crippen LogP contribution in [0.25, 0.3) is 17.3 Å². The van der Waals surface area contributed by atoms with Gasteiger partial charge >= 0.3 is 0 Å². The van der Waals surface area contributed by atoms with Crippen molar-refractivity contribution >= 4 is 28.9 Å². The molecular weight excluding hydrogens is 353 g/mol. The highest BCUT2D eigenvalue weighted by molar-refractivity contribution is 7.07. The van der Waals surface area contributed by atoms with E-state index in [2.05, 4.69) is 0 Å². The van der Waals surface area contributed by atoms with Crippen LogP contribution in [0.15, 0.2) is 59.4 Å². The largest absolute Gasteiger partial charge is 0.365 e. The highest BCUT2D eigenvalue weighted by Crippen LogP contribution is 2.05. The predicted molar refractivity (Wildman–Crippen MR) is 97.3 cm³/mol. The average molecular weight is 365 g/mol. The van der Waals surface area contributed by atoms with E-state index in [1.807, 2.05) is 0 Å². The fourth-order valence-electron chi connectivity index (χ4n) is 2.38. The Labute approximate surface area is 151 Å². The van der Waals surface area contributed by atoms with Crippen LogP contribution in [0.4, 0.5) is 4.39 Å². The number of rotatable bonds is 3. The summed E-state index contributed by atoms with van der Waals surface area (Å²) in [4.78, 5) is 24.5. The topological polar surface area (TPSA) is 88.9 Å². The van der Waals surface area contributed by atoms with E-state index in [0.717, 1.165) is 11.3 Å². The summed E-state index contributed by atoms with van der Waals surface area (Å²) in [6.07, 6.45) is 1.57. The van der Waals surface area contributed by atoms with E-state index in [0.29, 0.717) is 15.8 Å². The molecule has 0 saturated carbocycles. The number of carbonyl (C=O) groups excluding carboxylic acids is 1. The Morgan fingerprint density at radius 3 is 2.38 bits per heavy atom. The fraction of sp³-hybridized carbons (Fsp3) is 0. The van der Waals surface area contributed by atoms with Gasteiger partial charge in [-0.2, -0.15) is 5.26 Å². The molecule has 2 aromatic carbocycles. The fourth-order valence-corrected chi connectivity index (χ4v) is 3.49. The summed E-state index contributed by atoms with van der Waals surface area (Å²) < 4.78 is 14.8. The molecule has 1 amide bonds. The number of aromatic nitrogens is 1. The molecular formula is C19H12FN3O2S. The third kappa shape index (κ3) is 3.31. The maximum atomic E-state index is 13.1. The smallest absolute Gasteiger partial charge is 0.273 e. The number of carbonyl (C=O) groups is 1. The van der Waals surface area contributed by atoms with Crippen LogP contribution in [-0.2, 0) is 4.79 Å². The minimum absolute atomic E-state index is 0.157. The van der Waals surface area contributed by atoms with Gasteiger partial charge < -0.3 is 5.73 Å². The highest BCUT2D eigenvalue weighted by atomic mass is 32.1. The van der Waals surface area contributed by atoms with Gasteiger partial charge in [-0.05, 0) is 35.9 Å². The molecule has 3 aromatic rings. The SMILES string of the molecule is N#CC(C(N)=O)=c1sc(=Cc2ccc(F)cc2)c(=O)n1-c1ccccc1. The third-order valence-corrected chi connectivity index (χ3v) is 4.67. The number of benzene rings is 2. The van der Waals surface area contributed by atoms with Crippen molar-refractivity contribution in [2.75, 3.05) is 0 Å². The molecule has 5 nitrogen and oxygen atoms in total. The maximum Gasteiger partial charge on any atom is 0.273 e. The second-order valence-electron chi connectivity index (χ2n) is 5.29. The van der Waals surface area contributed by atoms with Crippen LogP contribution in [0, 0.1) is 17.1 Å². The summed E-state index contributed by atoms with van der Waals surface area (Å²) in [6, 6.07) is 16.0. The zero-order valence-corrected chi connectivity index (χ0v) is 14.2. The molecule has 0 aliphatic heterocycles. The quantitative estimate of drug-likeness (QED) is 0.752.